The van der Waals surface area contributed by atoms with Gasteiger partial charge in [0.25, 0.3) is 0 Å². The number of thioether (sulfide) groups is 1. The number of hydrogen-bond acceptors (Lipinski definition) is 2. The van der Waals surface area contributed by atoms with E-state index in [1.807, 2.05) is 11.8 Å². The lowest BCUT2D eigenvalue weighted by atomic mass is 9.91. The van der Waals surface area contributed by atoms with Gasteiger partial charge < -0.3 is 5.32 Å². The van der Waals surface area contributed by atoms with Crippen LogP contribution in [0, 0.1) is 0 Å². The van der Waals surface area contributed by atoms with Crippen molar-refractivity contribution in [2.24, 2.45) is 0 Å². The van der Waals surface area contributed by atoms with Crippen LogP contribution in [0.25, 0.3) is 0 Å². The fourth-order valence-corrected chi connectivity index (χ4v) is 4.25. The Bertz CT molecular complexity index is 621. The molecule has 1 aliphatic heterocycles. The zero-order valence-corrected chi connectivity index (χ0v) is 14.8. The molecule has 3 rings (SSSR count). The third-order valence-electron chi connectivity index (χ3n) is 4.07. The normalized spacial score (nSPS) is 18.3. The van der Waals surface area contributed by atoms with Gasteiger partial charge in [0, 0.05) is 27.6 Å². The smallest absolute Gasteiger partial charge is 0.0422 e. The molecule has 0 fully saturated rings. The Morgan fingerprint density at radius 2 is 1.81 bits per heavy atom. The first-order valence-corrected chi connectivity index (χ1v) is 9.20. The van der Waals surface area contributed by atoms with Gasteiger partial charge in [0.2, 0.25) is 0 Å². The van der Waals surface area contributed by atoms with E-state index in [1.165, 1.54) is 16.7 Å². The molecule has 1 unspecified atom stereocenters. The molecule has 1 atom stereocenters. The lowest BCUT2D eigenvalue weighted by Gasteiger charge is -2.35. The largest absolute Gasteiger partial charge is 0.300 e. The molecule has 1 heterocycles. The minimum absolute atomic E-state index is 0.0453. The van der Waals surface area contributed by atoms with Gasteiger partial charge in [-0.05, 0) is 42.7 Å². The Hall–Kier alpha value is -0.770. The molecule has 110 valence electrons. The summed E-state index contributed by atoms with van der Waals surface area (Å²) in [5.74, 6) is 2.27. The number of nitrogens with one attached hydrogen (secondary N) is 1. The number of hydrogen-bond donors (Lipinski definition) is 1. The Labute approximate surface area is 139 Å². The summed E-state index contributed by atoms with van der Waals surface area (Å²) < 4.78 is 1.13. The lowest BCUT2D eigenvalue weighted by molar-refractivity contribution is 0.358. The quantitative estimate of drug-likeness (QED) is 0.799. The molecule has 1 N–H and O–H groups in total. The van der Waals surface area contributed by atoms with E-state index in [2.05, 4.69) is 83.6 Å². The van der Waals surface area contributed by atoms with E-state index < -0.39 is 0 Å². The van der Waals surface area contributed by atoms with E-state index in [9.17, 15) is 0 Å². The first kappa shape index (κ1) is 15.1. The fourth-order valence-electron chi connectivity index (χ4n) is 2.89. The average Bonchev–Trinajstić information content (AvgIpc) is 2.48. The van der Waals surface area contributed by atoms with Gasteiger partial charge in [-0.1, -0.05) is 52.3 Å². The average molecular weight is 362 g/mol. The predicted octanol–water partition coefficient (Wildman–Crippen LogP) is 5.26. The van der Waals surface area contributed by atoms with E-state index in [0.717, 1.165) is 16.0 Å². The van der Waals surface area contributed by atoms with E-state index >= 15 is 0 Å². The molecule has 0 saturated carbocycles. The Morgan fingerprint density at radius 3 is 2.57 bits per heavy atom. The van der Waals surface area contributed by atoms with Crippen molar-refractivity contribution in [3.8, 4) is 0 Å². The summed E-state index contributed by atoms with van der Waals surface area (Å²) in [5, 5.41) is 3.85. The van der Waals surface area contributed by atoms with Crippen LogP contribution in [0.3, 0.4) is 0 Å². The van der Waals surface area contributed by atoms with Crippen LogP contribution in [0.1, 0.15) is 36.6 Å². The maximum absolute atomic E-state index is 3.85. The van der Waals surface area contributed by atoms with Gasteiger partial charge in [-0.25, -0.2) is 0 Å². The topological polar surface area (TPSA) is 12.0 Å². The Kier molecular flexibility index (Phi) is 4.43. The minimum Gasteiger partial charge on any atom is -0.300 e. The maximum Gasteiger partial charge on any atom is 0.0422 e. The lowest BCUT2D eigenvalue weighted by Crippen LogP contribution is -2.41. The van der Waals surface area contributed by atoms with Crippen molar-refractivity contribution < 1.29 is 0 Å². The third kappa shape index (κ3) is 3.36. The summed E-state index contributed by atoms with van der Waals surface area (Å²) in [6, 6.07) is 17.8. The van der Waals surface area contributed by atoms with Gasteiger partial charge in [-0.2, -0.15) is 11.8 Å². The third-order valence-corrected chi connectivity index (χ3v) is 5.69. The molecular formula is C18H20BrNS. The summed E-state index contributed by atoms with van der Waals surface area (Å²) >= 11 is 5.52. The molecule has 0 bridgehead atoms. The first-order valence-electron chi connectivity index (χ1n) is 7.25. The van der Waals surface area contributed by atoms with Crippen LogP contribution in [-0.2, 0) is 11.3 Å². The van der Waals surface area contributed by atoms with Gasteiger partial charge in [0.05, 0.1) is 0 Å². The molecule has 0 aromatic heterocycles. The predicted molar refractivity (Wildman–Crippen MR) is 95.6 cm³/mol. The van der Waals surface area contributed by atoms with Gasteiger partial charge in [0.15, 0.2) is 0 Å². The summed E-state index contributed by atoms with van der Waals surface area (Å²) in [6.07, 6.45) is 0. The van der Waals surface area contributed by atoms with Crippen molar-refractivity contribution in [2.45, 2.75) is 31.2 Å². The fraction of sp³-hybridized carbons (Fsp3) is 0.333. The van der Waals surface area contributed by atoms with Crippen LogP contribution in [0.5, 0.6) is 0 Å². The van der Waals surface area contributed by atoms with Gasteiger partial charge in [-0.15, -0.1) is 0 Å². The SMILES string of the molecule is CC(C)(NC1CSCc2ccccc21)c1ccc(Br)cc1. The standard InChI is InChI=1S/C18H20BrNS/c1-18(2,14-7-9-15(19)10-8-14)20-17-12-21-11-13-5-3-4-6-16(13)17/h3-10,17,20H,11-12H2,1-2H3. The zero-order valence-electron chi connectivity index (χ0n) is 12.4. The highest BCUT2D eigenvalue weighted by Gasteiger charge is 2.28. The van der Waals surface area contributed by atoms with Crippen LogP contribution in [0.4, 0.5) is 0 Å². The molecule has 1 nitrogen and oxygen atoms in total. The molecule has 0 saturated heterocycles. The van der Waals surface area contributed by atoms with E-state index in [4.69, 9.17) is 0 Å². The summed E-state index contributed by atoms with van der Waals surface area (Å²) in [7, 11) is 0. The Morgan fingerprint density at radius 1 is 1.10 bits per heavy atom. The van der Waals surface area contributed by atoms with Gasteiger partial charge in [0.1, 0.15) is 0 Å². The van der Waals surface area contributed by atoms with Crippen LogP contribution in [0.15, 0.2) is 53.0 Å². The van der Waals surface area contributed by atoms with E-state index in [0.29, 0.717) is 6.04 Å². The second-order valence-corrected chi connectivity index (χ2v) is 7.99. The summed E-state index contributed by atoms with van der Waals surface area (Å²) in [5.41, 5.74) is 4.20. The molecule has 1 aliphatic rings. The number of halogens is 1. The van der Waals surface area contributed by atoms with Gasteiger partial charge in [-0.3, -0.25) is 0 Å². The van der Waals surface area contributed by atoms with E-state index in [-0.39, 0.29) is 5.54 Å². The molecule has 2 aromatic carbocycles. The molecular weight excluding hydrogens is 342 g/mol. The molecule has 21 heavy (non-hydrogen) atoms. The molecule has 2 aromatic rings. The highest BCUT2D eigenvalue weighted by Crippen LogP contribution is 2.34. The van der Waals surface area contributed by atoms with Crippen molar-refractivity contribution in [3.63, 3.8) is 0 Å². The first-order chi connectivity index (χ1) is 10.1. The van der Waals surface area contributed by atoms with Gasteiger partial charge >= 0.3 is 0 Å². The highest BCUT2D eigenvalue weighted by atomic mass is 79.9. The van der Waals surface area contributed by atoms with Crippen molar-refractivity contribution >= 4 is 27.7 Å². The molecule has 3 heteroatoms. The monoisotopic (exact) mass is 361 g/mol. The molecule has 0 radical (unpaired) electrons. The number of rotatable bonds is 3. The van der Waals surface area contributed by atoms with Crippen LogP contribution in [-0.4, -0.2) is 5.75 Å². The number of fused-ring (bicyclic) bond motifs is 1. The molecule has 0 spiro atoms. The second-order valence-electron chi connectivity index (χ2n) is 6.04. The van der Waals surface area contributed by atoms with Crippen LogP contribution < -0.4 is 5.32 Å². The molecule has 0 aliphatic carbocycles. The molecule has 0 amide bonds. The van der Waals surface area contributed by atoms with Crippen LogP contribution >= 0.6 is 27.7 Å². The van der Waals surface area contributed by atoms with Crippen molar-refractivity contribution in [3.05, 3.63) is 69.7 Å². The second kappa shape index (κ2) is 6.15. The van der Waals surface area contributed by atoms with E-state index in [1.54, 1.807) is 0 Å². The highest BCUT2D eigenvalue weighted by molar-refractivity contribution is 9.10. The maximum atomic E-state index is 3.85. The summed E-state index contributed by atoms with van der Waals surface area (Å²) in [4.78, 5) is 0. The summed E-state index contributed by atoms with van der Waals surface area (Å²) in [6.45, 7) is 4.52. The van der Waals surface area contributed by atoms with Crippen molar-refractivity contribution in [1.29, 1.82) is 0 Å². The van der Waals surface area contributed by atoms with Crippen LogP contribution in [0.2, 0.25) is 0 Å². The Balaban J connectivity index is 1.84. The van der Waals surface area contributed by atoms with Crippen molar-refractivity contribution in [1.82, 2.24) is 5.32 Å². The number of benzene rings is 2. The minimum atomic E-state index is -0.0453. The zero-order chi connectivity index (χ0) is 14.9. The van der Waals surface area contributed by atoms with Crippen molar-refractivity contribution in [2.75, 3.05) is 5.75 Å².